The Hall–Kier alpha value is -0.570. The highest BCUT2D eigenvalue weighted by Crippen LogP contribution is 2.31. The van der Waals surface area contributed by atoms with Gasteiger partial charge in [0.15, 0.2) is 0 Å². The second kappa shape index (κ2) is 6.02. The van der Waals surface area contributed by atoms with Crippen LogP contribution in [0.5, 0.6) is 0 Å². The van der Waals surface area contributed by atoms with Crippen LogP contribution in [0.1, 0.15) is 39.0 Å². The number of aliphatic carboxylic acids is 1. The highest BCUT2D eigenvalue weighted by molar-refractivity contribution is 5.70. The van der Waals surface area contributed by atoms with Gasteiger partial charge in [-0.2, -0.15) is 0 Å². The summed E-state index contributed by atoms with van der Waals surface area (Å²) in [6.45, 7) is 4.08. The minimum absolute atomic E-state index is 0.0934. The van der Waals surface area contributed by atoms with Crippen LogP contribution in [0.3, 0.4) is 0 Å². The third-order valence-electron chi connectivity index (χ3n) is 3.09. The van der Waals surface area contributed by atoms with Crippen molar-refractivity contribution in [3.8, 4) is 0 Å². The van der Waals surface area contributed by atoms with Crippen molar-refractivity contribution in [1.29, 1.82) is 0 Å². The molecule has 1 saturated carbocycles. The molecule has 0 aromatic carbocycles. The van der Waals surface area contributed by atoms with Crippen LogP contribution in [0.15, 0.2) is 0 Å². The summed E-state index contributed by atoms with van der Waals surface area (Å²) in [6, 6.07) is 0. The van der Waals surface area contributed by atoms with Gasteiger partial charge < -0.3 is 10.4 Å². The molecule has 82 valence electrons. The summed E-state index contributed by atoms with van der Waals surface area (Å²) in [7, 11) is 0. The van der Waals surface area contributed by atoms with Crippen LogP contribution in [0.2, 0.25) is 0 Å². The van der Waals surface area contributed by atoms with E-state index in [9.17, 15) is 4.79 Å². The van der Waals surface area contributed by atoms with Crippen LogP contribution in [-0.4, -0.2) is 24.2 Å². The standard InChI is InChI=1S/C11H21NO2/c1-2-3-7-12-8-9-5-4-6-10(9)11(13)14/h9-10,12H,2-8H2,1H3,(H,13,14). The molecule has 3 nitrogen and oxygen atoms in total. The van der Waals surface area contributed by atoms with Gasteiger partial charge >= 0.3 is 5.97 Å². The summed E-state index contributed by atoms with van der Waals surface area (Å²) in [5, 5.41) is 12.3. The van der Waals surface area contributed by atoms with Crippen molar-refractivity contribution in [2.75, 3.05) is 13.1 Å². The second-order valence-corrected chi connectivity index (χ2v) is 4.19. The maximum atomic E-state index is 10.9. The Labute approximate surface area is 85.9 Å². The van der Waals surface area contributed by atoms with E-state index in [1.165, 1.54) is 12.8 Å². The van der Waals surface area contributed by atoms with E-state index in [0.717, 1.165) is 32.4 Å². The Morgan fingerprint density at radius 1 is 1.50 bits per heavy atom. The largest absolute Gasteiger partial charge is 0.481 e. The van der Waals surface area contributed by atoms with E-state index in [1.54, 1.807) is 0 Å². The lowest BCUT2D eigenvalue weighted by Gasteiger charge is -2.15. The van der Waals surface area contributed by atoms with Crippen LogP contribution in [0.25, 0.3) is 0 Å². The third-order valence-corrected chi connectivity index (χ3v) is 3.09. The first-order valence-corrected chi connectivity index (χ1v) is 5.69. The number of carboxylic acid groups (broad SMARTS) is 1. The molecule has 14 heavy (non-hydrogen) atoms. The molecule has 1 rings (SSSR count). The SMILES string of the molecule is CCCCNCC1CCCC1C(=O)O. The van der Waals surface area contributed by atoms with Crippen LogP contribution in [-0.2, 0) is 4.79 Å². The molecule has 0 saturated heterocycles. The monoisotopic (exact) mass is 199 g/mol. The number of carbonyl (C=O) groups is 1. The number of rotatable bonds is 6. The predicted octanol–water partition coefficient (Wildman–Crippen LogP) is 1.88. The van der Waals surface area contributed by atoms with Crippen LogP contribution < -0.4 is 5.32 Å². The topological polar surface area (TPSA) is 49.3 Å². The highest BCUT2D eigenvalue weighted by Gasteiger charge is 2.32. The van der Waals surface area contributed by atoms with Gasteiger partial charge in [0.2, 0.25) is 0 Å². The summed E-state index contributed by atoms with van der Waals surface area (Å²) < 4.78 is 0. The molecule has 3 heteroatoms. The third kappa shape index (κ3) is 3.29. The van der Waals surface area contributed by atoms with Crippen molar-refractivity contribution in [1.82, 2.24) is 5.32 Å². The molecule has 2 atom stereocenters. The Bertz CT molecular complexity index is 182. The van der Waals surface area contributed by atoms with E-state index in [1.807, 2.05) is 0 Å². The van der Waals surface area contributed by atoms with Gasteiger partial charge in [-0.05, 0) is 38.3 Å². The Morgan fingerprint density at radius 3 is 2.93 bits per heavy atom. The average molecular weight is 199 g/mol. The molecule has 2 N–H and O–H groups in total. The molecule has 0 radical (unpaired) electrons. The molecule has 0 aromatic rings. The summed E-state index contributed by atoms with van der Waals surface area (Å²) in [5.41, 5.74) is 0. The summed E-state index contributed by atoms with van der Waals surface area (Å²) in [4.78, 5) is 10.9. The molecule has 0 bridgehead atoms. The van der Waals surface area contributed by atoms with Gasteiger partial charge in [0.05, 0.1) is 5.92 Å². The maximum absolute atomic E-state index is 10.9. The van der Waals surface area contributed by atoms with E-state index >= 15 is 0 Å². The van der Waals surface area contributed by atoms with Crippen LogP contribution in [0.4, 0.5) is 0 Å². The first kappa shape index (κ1) is 11.5. The fraction of sp³-hybridized carbons (Fsp3) is 0.909. The number of hydrogen-bond acceptors (Lipinski definition) is 2. The molecule has 0 heterocycles. The van der Waals surface area contributed by atoms with Crippen molar-refractivity contribution in [2.45, 2.75) is 39.0 Å². The molecule has 0 aromatic heterocycles. The zero-order valence-corrected chi connectivity index (χ0v) is 8.96. The molecule has 0 spiro atoms. The van der Waals surface area contributed by atoms with Crippen molar-refractivity contribution < 1.29 is 9.90 Å². The molecular formula is C11H21NO2. The summed E-state index contributed by atoms with van der Waals surface area (Å²) in [5.74, 6) is -0.335. The van der Waals surface area contributed by atoms with Gasteiger partial charge in [-0.25, -0.2) is 0 Å². The summed E-state index contributed by atoms with van der Waals surface area (Å²) in [6.07, 6.45) is 5.41. The van der Waals surface area contributed by atoms with Gasteiger partial charge in [-0.3, -0.25) is 4.79 Å². The summed E-state index contributed by atoms with van der Waals surface area (Å²) >= 11 is 0. The smallest absolute Gasteiger partial charge is 0.306 e. The van der Waals surface area contributed by atoms with E-state index in [4.69, 9.17) is 5.11 Å². The van der Waals surface area contributed by atoms with Gasteiger partial charge in [-0.1, -0.05) is 19.8 Å². The van der Waals surface area contributed by atoms with Crippen molar-refractivity contribution >= 4 is 5.97 Å². The maximum Gasteiger partial charge on any atom is 0.306 e. The van der Waals surface area contributed by atoms with E-state index < -0.39 is 5.97 Å². The molecule has 1 fully saturated rings. The van der Waals surface area contributed by atoms with Gasteiger partial charge in [-0.15, -0.1) is 0 Å². The first-order valence-electron chi connectivity index (χ1n) is 5.69. The number of carboxylic acids is 1. The van der Waals surface area contributed by atoms with Crippen molar-refractivity contribution in [3.05, 3.63) is 0 Å². The molecular weight excluding hydrogens is 178 g/mol. The molecule has 2 unspecified atom stereocenters. The lowest BCUT2D eigenvalue weighted by atomic mass is 9.96. The normalized spacial score (nSPS) is 26.6. The zero-order valence-electron chi connectivity index (χ0n) is 8.96. The second-order valence-electron chi connectivity index (χ2n) is 4.19. The fourth-order valence-corrected chi connectivity index (χ4v) is 2.20. The fourth-order valence-electron chi connectivity index (χ4n) is 2.20. The zero-order chi connectivity index (χ0) is 10.4. The lowest BCUT2D eigenvalue weighted by Crippen LogP contribution is -2.29. The minimum atomic E-state index is -0.607. The number of hydrogen-bond donors (Lipinski definition) is 2. The number of nitrogens with one attached hydrogen (secondary N) is 1. The number of unbranched alkanes of at least 4 members (excludes halogenated alkanes) is 1. The van der Waals surface area contributed by atoms with Gasteiger partial charge in [0.25, 0.3) is 0 Å². The Morgan fingerprint density at radius 2 is 2.29 bits per heavy atom. The minimum Gasteiger partial charge on any atom is -0.481 e. The van der Waals surface area contributed by atoms with E-state index in [-0.39, 0.29) is 5.92 Å². The highest BCUT2D eigenvalue weighted by atomic mass is 16.4. The Balaban J connectivity index is 2.19. The van der Waals surface area contributed by atoms with Crippen molar-refractivity contribution in [2.24, 2.45) is 11.8 Å². The average Bonchev–Trinajstić information content (AvgIpc) is 2.60. The van der Waals surface area contributed by atoms with Crippen molar-refractivity contribution in [3.63, 3.8) is 0 Å². The van der Waals surface area contributed by atoms with E-state index in [0.29, 0.717) is 5.92 Å². The van der Waals surface area contributed by atoms with Gasteiger partial charge in [0.1, 0.15) is 0 Å². The predicted molar refractivity (Wildman–Crippen MR) is 56.2 cm³/mol. The molecule has 1 aliphatic carbocycles. The van der Waals surface area contributed by atoms with E-state index in [2.05, 4.69) is 12.2 Å². The van der Waals surface area contributed by atoms with Crippen LogP contribution in [0, 0.1) is 11.8 Å². The van der Waals surface area contributed by atoms with Crippen LogP contribution >= 0.6 is 0 Å². The molecule has 1 aliphatic rings. The van der Waals surface area contributed by atoms with Gasteiger partial charge in [0, 0.05) is 0 Å². The Kier molecular flexibility index (Phi) is 4.94. The first-order chi connectivity index (χ1) is 6.75. The quantitative estimate of drug-likeness (QED) is 0.642. The lowest BCUT2D eigenvalue weighted by molar-refractivity contribution is -0.142. The molecule has 0 amide bonds. The molecule has 0 aliphatic heterocycles.